The fourth-order valence-electron chi connectivity index (χ4n) is 4.54. The van der Waals surface area contributed by atoms with Crippen LogP contribution in [0.4, 0.5) is 26.5 Å². The van der Waals surface area contributed by atoms with Crippen molar-refractivity contribution < 1.29 is 13.9 Å². The van der Waals surface area contributed by atoms with Gasteiger partial charge in [0.1, 0.15) is 23.1 Å². The summed E-state index contributed by atoms with van der Waals surface area (Å²) in [7, 11) is 0. The minimum atomic E-state index is -0.508. The number of anilines is 3. The summed E-state index contributed by atoms with van der Waals surface area (Å²) in [5.41, 5.74) is 1.20. The van der Waals surface area contributed by atoms with E-state index in [9.17, 15) is 9.18 Å². The van der Waals surface area contributed by atoms with E-state index in [0.29, 0.717) is 30.3 Å². The molecule has 0 bridgehead atoms. The Kier molecular flexibility index (Phi) is 7.60. The number of hydrogen-bond acceptors (Lipinski definition) is 8. The Labute approximate surface area is 231 Å². The lowest BCUT2D eigenvalue weighted by Gasteiger charge is -2.38. The molecule has 1 aliphatic heterocycles. The highest BCUT2D eigenvalue weighted by atomic mass is 32.2. The molecular formula is C28H32FN7O2S. The zero-order chi connectivity index (χ0) is 27.6. The maximum Gasteiger partial charge on any atom is 0.410 e. The number of nitrogens with zero attached hydrogens (tertiary/aromatic N) is 6. The van der Waals surface area contributed by atoms with Gasteiger partial charge in [-0.2, -0.15) is 5.10 Å². The highest BCUT2D eigenvalue weighted by Crippen LogP contribution is 2.30. The third kappa shape index (κ3) is 6.25. The SMILES string of the molecule is CSN(c1ccc2cnc(Nc3ccc(-n4cccn4)cc3F)cc2n1)C1CCN(C(=O)OC(C)(C)C)CC1. The van der Waals surface area contributed by atoms with Gasteiger partial charge in [-0.15, -0.1) is 0 Å². The first-order valence-corrected chi connectivity index (χ1v) is 14.0. The molecule has 1 amide bonds. The van der Waals surface area contributed by atoms with E-state index in [-0.39, 0.29) is 12.1 Å². The van der Waals surface area contributed by atoms with E-state index in [1.54, 1.807) is 58.3 Å². The Bertz CT molecular complexity index is 1450. The van der Waals surface area contributed by atoms with Crippen LogP contribution in [0.15, 0.2) is 61.1 Å². The van der Waals surface area contributed by atoms with Crippen molar-refractivity contribution >= 4 is 46.3 Å². The van der Waals surface area contributed by atoms with Crippen LogP contribution in [0.1, 0.15) is 33.6 Å². The average molecular weight is 550 g/mol. The van der Waals surface area contributed by atoms with Gasteiger partial charge in [-0.05, 0) is 63.9 Å². The van der Waals surface area contributed by atoms with Crippen molar-refractivity contribution in [2.24, 2.45) is 0 Å². The second-order valence-electron chi connectivity index (χ2n) is 10.4. The Balaban J connectivity index is 1.30. The number of nitrogens with one attached hydrogen (secondary N) is 1. The summed E-state index contributed by atoms with van der Waals surface area (Å²) in [4.78, 5) is 23.6. The van der Waals surface area contributed by atoms with Crippen LogP contribution in [-0.4, -0.2) is 61.7 Å². The van der Waals surface area contributed by atoms with Crippen molar-refractivity contribution in [2.45, 2.75) is 45.3 Å². The smallest absolute Gasteiger partial charge is 0.410 e. The molecule has 39 heavy (non-hydrogen) atoms. The van der Waals surface area contributed by atoms with Crippen molar-refractivity contribution in [3.63, 3.8) is 0 Å². The molecule has 0 unspecified atom stereocenters. The largest absolute Gasteiger partial charge is 0.444 e. The van der Waals surface area contributed by atoms with E-state index in [2.05, 4.69) is 19.7 Å². The number of fused-ring (bicyclic) bond motifs is 1. The summed E-state index contributed by atoms with van der Waals surface area (Å²) in [5, 5.41) is 8.10. The van der Waals surface area contributed by atoms with Crippen LogP contribution in [0.2, 0.25) is 0 Å². The lowest BCUT2D eigenvalue weighted by atomic mass is 10.1. The second-order valence-corrected chi connectivity index (χ2v) is 11.1. The number of benzene rings is 1. The standard InChI is InChI=1S/C28H32FN7O2S/c1-28(2,3)38-27(37)34-14-10-20(11-15-34)36(39-4)26-9-6-19-18-30-25(17-24(19)33-26)32-23-8-7-21(16-22(23)29)35-13-5-12-31-35/h5-9,12-13,16-18,20H,10-11,14-15H2,1-4H3,(H,30,32). The molecule has 1 saturated heterocycles. The van der Waals surface area contributed by atoms with Crippen LogP contribution >= 0.6 is 11.9 Å². The van der Waals surface area contributed by atoms with Crippen molar-refractivity contribution in [3.8, 4) is 5.69 Å². The number of hydrogen-bond donors (Lipinski definition) is 1. The zero-order valence-corrected chi connectivity index (χ0v) is 23.3. The maximum atomic E-state index is 14.8. The molecule has 204 valence electrons. The normalized spacial score (nSPS) is 14.4. The number of aromatic nitrogens is 4. The average Bonchev–Trinajstić information content (AvgIpc) is 3.45. The van der Waals surface area contributed by atoms with E-state index in [1.165, 1.54) is 6.07 Å². The maximum absolute atomic E-state index is 14.8. The Morgan fingerprint density at radius 1 is 1.18 bits per heavy atom. The predicted molar refractivity (Wildman–Crippen MR) is 153 cm³/mol. The van der Waals surface area contributed by atoms with Gasteiger partial charge in [0, 0.05) is 61.5 Å². The van der Waals surface area contributed by atoms with Gasteiger partial charge in [0.2, 0.25) is 0 Å². The topological polar surface area (TPSA) is 88.4 Å². The van der Waals surface area contributed by atoms with Gasteiger partial charge in [-0.1, -0.05) is 11.9 Å². The molecule has 0 aliphatic carbocycles. The quantitative estimate of drug-likeness (QED) is 0.285. The second kappa shape index (κ2) is 11.1. The van der Waals surface area contributed by atoms with Gasteiger partial charge in [-0.3, -0.25) is 4.31 Å². The molecule has 1 N–H and O–H groups in total. The molecule has 0 saturated carbocycles. The monoisotopic (exact) mass is 549 g/mol. The summed E-state index contributed by atoms with van der Waals surface area (Å²) in [6.07, 6.45) is 8.54. The first-order valence-electron chi connectivity index (χ1n) is 12.8. The first-order chi connectivity index (χ1) is 18.7. The number of carbonyl (C=O) groups excluding carboxylic acids is 1. The third-order valence-corrected chi connectivity index (χ3v) is 7.29. The molecule has 0 radical (unpaired) electrons. The van der Waals surface area contributed by atoms with Crippen molar-refractivity contribution in [3.05, 3.63) is 66.9 Å². The fourth-order valence-corrected chi connectivity index (χ4v) is 5.34. The van der Waals surface area contributed by atoms with E-state index < -0.39 is 11.4 Å². The van der Waals surface area contributed by atoms with Crippen LogP contribution in [-0.2, 0) is 4.74 Å². The molecule has 0 spiro atoms. The van der Waals surface area contributed by atoms with Crippen LogP contribution in [0.5, 0.6) is 0 Å². The summed E-state index contributed by atoms with van der Waals surface area (Å²) in [6, 6.07) is 12.7. The van der Waals surface area contributed by atoms with Gasteiger partial charge < -0.3 is 15.0 Å². The van der Waals surface area contributed by atoms with E-state index in [4.69, 9.17) is 9.72 Å². The molecule has 9 nitrogen and oxygen atoms in total. The minimum Gasteiger partial charge on any atom is -0.444 e. The molecule has 4 aromatic rings. The van der Waals surface area contributed by atoms with Crippen molar-refractivity contribution in [2.75, 3.05) is 29.0 Å². The number of amides is 1. The Morgan fingerprint density at radius 2 is 1.97 bits per heavy atom. The lowest BCUT2D eigenvalue weighted by molar-refractivity contribution is 0.0208. The fraction of sp³-hybridized carbons (Fsp3) is 0.357. The number of pyridine rings is 2. The molecule has 3 aromatic heterocycles. The van der Waals surface area contributed by atoms with E-state index in [0.717, 1.165) is 29.6 Å². The number of carbonyl (C=O) groups is 1. The summed E-state index contributed by atoms with van der Waals surface area (Å²) in [6.45, 7) is 6.90. The van der Waals surface area contributed by atoms with Gasteiger partial charge in [0.05, 0.1) is 16.9 Å². The Hall–Kier alpha value is -3.86. The number of piperidine rings is 1. The lowest BCUT2D eigenvalue weighted by Crippen LogP contribution is -2.46. The summed E-state index contributed by atoms with van der Waals surface area (Å²) in [5.74, 6) is 0.926. The van der Waals surface area contributed by atoms with Gasteiger partial charge >= 0.3 is 6.09 Å². The summed E-state index contributed by atoms with van der Waals surface area (Å²) < 4.78 is 24.2. The van der Waals surface area contributed by atoms with Crippen LogP contribution < -0.4 is 9.62 Å². The number of rotatable bonds is 6. The predicted octanol–water partition coefficient (Wildman–Crippen LogP) is 6.18. The molecule has 1 fully saturated rings. The van der Waals surface area contributed by atoms with Gasteiger partial charge in [0.25, 0.3) is 0 Å². The van der Waals surface area contributed by atoms with Crippen LogP contribution in [0, 0.1) is 5.82 Å². The molecular weight excluding hydrogens is 517 g/mol. The van der Waals surface area contributed by atoms with Crippen molar-refractivity contribution in [1.82, 2.24) is 24.6 Å². The molecule has 4 heterocycles. The minimum absolute atomic E-state index is 0.227. The van der Waals surface area contributed by atoms with Crippen molar-refractivity contribution in [1.29, 1.82) is 0 Å². The van der Waals surface area contributed by atoms with Crippen LogP contribution in [0.3, 0.4) is 0 Å². The Morgan fingerprint density at radius 3 is 2.64 bits per heavy atom. The van der Waals surface area contributed by atoms with E-state index >= 15 is 0 Å². The molecule has 0 atom stereocenters. The summed E-state index contributed by atoms with van der Waals surface area (Å²) >= 11 is 1.61. The molecule has 1 aromatic carbocycles. The van der Waals surface area contributed by atoms with Gasteiger partial charge in [-0.25, -0.2) is 23.8 Å². The molecule has 5 rings (SSSR count). The highest BCUT2D eigenvalue weighted by Gasteiger charge is 2.30. The zero-order valence-electron chi connectivity index (χ0n) is 22.5. The highest BCUT2D eigenvalue weighted by molar-refractivity contribution is 8.00. The third-order valence-electron chi connectivity index (χ3n) is 6.41. The van der Waals surface area contributed by atoms with Gasteiger partial charge in [0.15, 0.2) is 0 Å². The molecule has 11 heteroatoms. The number of ether oxygens (including phenoxy) is 1. The number of likely N-dealkylation sites (tertiary alicyclic amines) is 1. The van der Waals surface area contributed by atoms with Crippen LogP contribution in [0.25, 0.3) is 16.6 Å². The van der Waals surface area contributed by atoms with E-state index in [1.807, 2.05) is 45.2 Å². The molecule has 1 aliphatic rings. The number of halogens is 1. The first kappa shape index (κ1) is 26.7.